The molecule has 0 aliphatic carbocycles. The van der Waals surface area contributed by atoms with Gasteiger partial charge in [-0.2, -0.15) is 0 Å². The molecule has 2 rings (SSSR count). The summed E-state index contributed by atoms with van der Waals surface area (Å²) in [6.45, 7) is 10.4. The van der Waals surface area contributed by atoms with Crippen LogP contribution in [0, 0.1) is 19.8 Å². The summed E-state index contributed by atoms with van der Waals surface area (Å²) in [5.41, 5.74) is 4.22. The van der Waals surface area contributed by atoms with Crippen LogP contribution in [0.1, 0.15) is 48.9 Å². The first-order valence-electron chi connectivity index (χ1n) is 8.10. The van der Waals surface area contributed by atoms with Crippen LogP contribution >= 0.6 is 0 Å². The average molecular weight is 274 g/mol. The second-order valence-electron chi connectivity index (χ2n) is 6.40. The van der Waals surface area contributed by atoms with E-state index in [0.717, 1.165) is 12.5 Å². The van der Waals surface area contributed by atoms with Crippen molar-refractivity contribution in [2.24, 2.45) is 5.92 Å². The van der Waals surface area contributed by atoms with E-state index in [2.05, 4.69) is 56.2 Å². The number of nitrogens with one attached hydrogen (secondary N) is 1. The van der Waals surface area contributed by atoms with E-state index in [-0.39, 0.29) is 0 Å². The standard InChI is InChI=1S/C18H30N2/c1-5-6-16-9-10-20(12-16)13-18(19-4)17-11-14(2)7-8-15(17)3/h7-8,11,16,18-19H,5-6,9-10,12-13H2,1-4H3. The van der Waals surface area contributed by atoms with Gasteiger partial charge in [0.25, 0.3) is 0 Å². The first-order chi connectivity index (χ1) is 9.63. The minimum atomic E-state index is 0.454. The van der Waals surface area contributed by atoms with Crippen molar-refractivity contribution < 1.29 is 0 Å². The van der Waals surface area contributed by atoms with Crippen LogP contribution in [0.15, 0.2) is 18.2 Å². The van der Waals surface area contributed by atoms with Crippen molar-refractivity contribution in [3.05, 3.63) is 34.9 Å². The Morgan fingerprint density at radius 1 is 1.35 bits per heavy atom. The third-order valence-corrected chi connectivity index (χ3v) is 4.67. The molecule has 2 unspecified atom stereocenters. The lowest BCUT2D eigenvalue weighted by molar-refractivity contribution is 0.285. The van der Waals surface area contributed by atoms with E-state index in [0.29, 0.717) is 6.04 Å². The van der Waals surface area contributed by atoms with Crippen LogP contribution in [-0.2, 0) is 0 Å². The highest BCUT2D eigenvalue weighted by Gasteiger charge is 2.24. The molecule has 1 aliphatic rings. The van der Waals surface area contributed by atoms with Gasteiger partial charge in [0.1, 0.15) is 0 Å². The van der Waals surface area contributed by atoms with Crippen molar-refractivity contribution in [3.8, 4) is 0 Å². The number of aryl methyl sites for hydroxylation is 2. The van der Waals surface area contributed by atoms with E-state index in [1.165, 1.54) is 49.0 Å². The number of likely N-dealkylation sites (tertiary alicyclic amines) is 1. The van der Waals surface area contributed by atoms with Crippen LogP contribution in [0.3, 0.4) is 0 Å². The number of rotatable bonds is 6. The second-order valence-corrected chi connectivity index (χ2v) is 6.40. The van der Waals surface area contributed by atoms with E-state index in [9.17, 15) is 0 Å². The minimum Gasteiger partial charge on any atom is -0.312 e. The summed E-state index contributed by atoms with van der Waals surface area (Å²) >= 11 is 0. The molecule has 2 atom stereocenters. The third-order valence-electron chi connectivity index (χ3n) is 4.67. The van der Waals surface area contributed by atoms with E-state index < -0.39 is 0 Å². The van der Waals surface area contributed by atoms with Gasteiger partial charge in [-0.3, -0.25) is 0 Å². The number of hydrogen-bond acceptors (Lipinski definition) is 2. The van der Waals surface area contributed by atoms with Gasteiger partial charge in [0, 0.05) is 19.1 Å². The predicted molar refractivity (Wildman–Crippen MR) is 87.2 cm³/mol. The highest BCUT2D eigenvalue weighted by atomic mass is 15.2. The second kappa shape index (κ2) is 7.24. The van der Waals surface area contributed by atoms with Crippen LogP contribution < -0.4 is 5.32 Å². The Hall–Kier alpha value is -0.860. The summed E-state index contributed by atoms with van der Waals surface area (Å²) in [7, 11) is 2.09. The fraction of sp³-hybridized carbons (Fsp3) is 0.667. The molecule has 1 fully saturated rings. The Morgan fingerprint density at radius 3 is 2.85 bits per heavy atom. The predicted octanol–water partition coefficient (Wildman–Crippen LogP) is 3.69. The Bertz CT molecular complexity index is 427. The Morgan fingerprint density at radius 2 is 2.15 bits per heavy atom. The topological polar surface area (TPSA) is 15.3 Å². The minimum absolute atomic E-state index is 0.454. The molecule has 0 radical (unpaired) electrons. The lowest BCUT2D eigenvalue weighted by atomic mass is 9.98. The first kappa shape index (κ1) is 15.5. The molecule has 1 aliphatic heterocycles. The normalized spacial score (nSPS) is 21.3. The number of benzene rings is 1. The SMILES string of the molecule is CCCC1CCN(CC(NC)c2cc(C)ccc2C)C1. The molecule has 1 saturated heterocycles. The van der Waals surface area contributed by atoms with Crippen molar-refractivity contribution in [1.82, 2.24) is 10.2 Å². The Kier molecular flexibility index (Phi) is 5.62. The van der Waals surface area contributed by atoms with Crippen molar-refractivity contribution in [2.45, 2.75) is 46.1 Å². The maximum Gasteiger partial charge on any atom is 0.0449 e. The Labute approximate surface area is 124 Å². The molecule has 0 amide bonds. The monoisotopic (exact) mass is 274 g/mol. The van der Waals surface area contributed by atoms with Gasteiger partial charge in [-0.05, 0) is 57.3 Å². The van der Waals surface area contributed by atoms with Gasteiger partial charge in [0.2, 0.25) is 0 Å². The molecule has 20 heavy (non-hydrogen) atoms. The zero-order valence-corrected chi connectivity index (χ0v) is 13.6. The average Bonchev–Trinajstić information content (AvgIpc) is 2.87. The van der Waals surface area contributed by atoms with Gasteiger partial charge in [-0.15, -0.1) is 0 Å². The van der Waals surface area contributed by atoms with Crippen molar-refractivity contribution in [1.29, 1.82) is 0 Å². The first-order valence-corrected chi connectivity index (χ1v) is 8.10. The van der Waals surface area contributed by atoms with Crippen molar-refractivity contribution in [2.75, 3.05) is 26.7 Å². The molecule has 0 spiro atoms. The summed E-state index contributed by atoms with van der Waals surface area (Å²) < 4.78 is 0. The van der Waals surface area contributed by atoms with Crippen molar-refractivity contribution >= 4 is 0 Å². The highest BCUT2D eigenvalue weighted by Crippen LogP contribution is 2.25. The van der Waals surface area contributed by atoms with E-state index in [1.54, 1.807) is 0 Å². The molecule has 112 valence electrons. The smallest absolute Gasteiger partial charge is 0.0449 e. The lowest BCUT2D eigenvalue weighted by Gasteiger charge is -2.25. The van der Waals surface area contributed by atoms with Gasteiger partial charge in [0.15, 0.2) is 0 Å². The molecule has 1 aromatic rings. The molecule has 1 N–H and O–H groups in total. The summed E-state index contributed by atoms with van der Waals surface area (Å²) in [5.74, 6) is 0.927. The molecule has 1 heterocycles. The number of nitrogens with zero attached hydrogens (tertiary/aromatic N) is 1. The van der Waals surface area contributed by atoms with Crippen LogP contribution in [-0.4, -0.2) is 31.6 Å². The molecular formula is C18H30N2. The fourth-order valence-electron chi connectivity index (χ4n) is 3.46. The molecule has 0 aromatic heterocycles. The van der Waals surface area contributed by atoms with Gasteiger partial charge >= 0.3 is 0 Å². The zero-order valence-electron chi connectivity index (χ0n) is 13.6. The van der Waals surface area contributed by atoms with Crippen molar-refractivity contribution in [3.63, 3.8) is 0 Å². The van der Waals surface area contributed by atoms with Gasteiger partial charge in [-0.25, -0.2) is 0 Å². The fourth-order valence-corrected chi connectivity index (χ4v) is 3.46. The third kappa shape index (κ3) is 3.83. The maximum absolute atomic E-state index is 3.52. The molecule has 2 heteroatoms. The van der Waals surface area contributed by atoms with Gasteiger partial charge < -0.3 is 10.2 Å². The quantitative estimate of drug-likeness (QED) is 0.851. The molecule has 0 saturated carbocycles. The molecule has 1 aromatic carbocycles. The summed E-state index contributed by atoms with van der Waals surface area (Å²) in [6, 6.07) is 7.25. The lowest BCUT2D eigenvalue weighted by Crippen LogP contribution is -2.33. The van der Waals surface area contributed by atoms with Gasteiger partial charge in [-0.1, -0.05) is 37.1 Å². The Balaban J connectivity index is 2.01. The summed E-state index contributed by atoms with van der Waals surface area (Å²) in [6.07, 6.45) is 4.10. The van der Waals surface area contributed by atoms with E-state index >= 15 is 0 Å². The zero-order chi connectivity index (χ0) is 14.5. The van der Waals surface area contributed by atoms with E-state index in [1.807, 2.05) is 0 Å². The maximum atomic E-state index is 3.52. The molecule has 0 bridgehead atoms. The number of hydrogen-bond donors (Lipinski definition) is 1. The number of likely N-dealkylation sites (N-methyl/N-ethyl adjacent to an activating group) is 1. The van der Waals surface area contributed by atoms with Crippen LogP contribution in [0.4, 0.5) is 0 Å². The molecular weight excluding hydrogens is 244 g/mol. The van der Waals surface area contributed by atoms with E-state index in [4.69, 9.17) is 0 Å². The van der Waals surface area contributed by atoms with Crippen LogP contribution in [0.2, 0.25) is 0 Å². The van der Waals surface area contributed by atoms with Gasteiger partial charge in [0.05, 0.1) is 0 Å². The van der Waals surface area contributed by atoms with Crippen LogP contribution in [0.5, 0.6) is 0 Å². The summed E-state index contributed by atoms with van der Waals surface area (Å²) in [5, 5.41) is 3.52. The summed E-state index contributed by atoms with van der Waals surface area (Å²) in [4.78, 5) is 2.64. The largest absolute Gasteiger partial charge is 0.312 e. The highest BCUT2D eigenvalue weighted by molar-refractivity contribution is 5.33. The molecule has 2 nitrogen and oxygen atoms in total. The van der Waals surface area contributed by atoms with Crippen LogP contribution in [0.25, 0.3) is 0 Å².